The minimum Gasteiger partial charge on any atom is -0.338 e. The molecule has 3 aromatic rings. The van der Waals surface area contributed by atoms with Crippen molar-refractivity contribution in [1.29, 1.82) is 0 Å². The summed E-state index contributed by atoms with van der Waals surface area (Å²) in [5, 5.41) is 3.82. The molecule has 0 saturated heterocycles. The Hall–Kier alpha value is -2.14. The molecule has 2 heterocycles. The number of hydrogen-bond donors (Lipinski definition) is 2. The topological polar surface area (TPSA) is 66.5 Å². The normalized spacial score (nSPS) is 10.6. The second kappa shape index (κ2) is 4.03. The number of imidazole rings is 1. The number of rotatable bonds is 2. The molecule has 0 spiro atoms. The highest BCUT2D eigenvalue weighted by atomic mass is 35.5. The van der Waals surface area contributed by atoms with Crippen LogP contribution in [0.25, 0.3) is 11.2 Å². The second-order valence-electron chi connectivity index (χ2n) is 3.46. The van der Waals surface area contributed by atoms with E-state index in [-0.39, 0.29) is 0 Å². The number of aromatic amines is 1. The van der Waals surface area contributed by atoms with Crippen LogP contribution in [0.1, 0.15) is 0 Å². The summed E-state index contributed by atoms with van der Waals surface area (Å²) in [5.41, 5.74) is 2.26. The molecule has 0 aliphatic rings. The number of aromatic nitrogens is 4. The van der Waals surface area contributed by atoms with Gasteiger partial charge in [-0.15, -0.1) is 0 Å². The summed E-state index contributed by atoms with van der Waals surface area (Å²) in [4.78, 5) is 15.3. The van der Waals surface area contributed by atoms with Crippen LogP contribution in [-0.4, -0.2) is 19.9 Å². The molecule has 0 unspecified atom stereocenters. The summed E-state index contributed by atoms with van der Waals surface area (Å²) in [6.45, 7) is 0. The molecular weight excluding hydrogens is 238 g/mol. The molecule has 5 nitrogen and oxygen atoms in total. The zero-order chi connectivity index (χ0) is 11.7. The average Bonchev–Trinajstić information content (AvgIpc) is 2.78. The van der Waals surface area contributed by atoms with Crippen molar-refractivity contribution in [3.63, 3.8) is 0 Å². The summed E-state index contributed by atoms with van der Waals surface area (Å²) >= 11 is 5.91. The molecule has 0 bridgehead atoms. The lowest BCUT2D eigenvalue weighted by molar-refractivity contribution is 1.20. The van der Waals surface area contributed by atoms with Crippen molar-refractivity contribution in [2.75, 3.05) is 5.32 Å². The highest BCUT2D eigenvalue weighted by Crippen LogP contribution is 2.22. The molecule has 17 heavy (non-hydrogen) atoms. The molecule has 0 aliphatic carbocycles. The van der Waals surface area contributed by atoms with Gasteiger partial charge in [-0.25, -0.2) is 15.0 Å². The van der Waals surface area contributed by atoms with Crippen molar-refractivity contribution < 1.29 is 0 Å². The molecule has 0 saturated carbocycles. The van der Waals surface area contributed by atoms with Crippen LogP contribution >= 0.6 is 11.6 Å². The van der Waals surface area contributed by atoms with Gasteiger partial charge in [-0.05, 0) is 18.2 Å². The fourth-order valence-electron chi connectivity index (χ4n) is 1.56. The number of nitrogens with one attached hydrogen (secondary N) is 2. The first-order chi connectivity index (χ1) is 8.33. The standard InChI is InChI=1S/C11H8ClN5/c12-7-2-1-3-8(4-7)17-11-9-10(14-5-13-9)15-6-16-11/h1-6H,(H2,13,14,15,16,17). The van der Waals surface area contributed by atoms with Crippen molar-refractivity contribution in [2.24, 2.45) is 0 Å². The van der Waals surface area contributed by atoms with Crippen LogP contribution in [-0.2, 0) is 0 Å². The third kappa shape index (κ3) is 1.92. The van der Waals surface area contributed by atoms with Gasteiger partial charge in [-0.3, -0.25) is 0 Å². The molecule has 3 rings (SSSR count). The summed E-state index contributed by atoms with van der Waals surface area (Å²) in [5.74, 6) is 0.651. The summed E-state index contributed by atoms with van der Waals surface area (Å²) in [6, 6.07) is 7.42. The van der Waals surface area contributed by atoms with Crippen LogP contribution in [0.3, 0.4) is 0 Å². The Bertz CT molecular complexity index is 664. The zero-order valence-corrected chi connectivity index (χ0v) is 9.44. The number of hydrogen-bond acceptors (Lipinski definition) is 4. The molecule has 84 valence electrons. The zero-order valence-electron chi connectivity index (χ0n) is 8.68. The molecule has 0 radical (unpaired) electrons. The molecular formula is C11H8ClN5. The summed E-state index contributed by atoms with van der Waals surface area (Å²) < 4.78 is 0. The van der Waals surface area contributed by atoms with Gasteiger partial charge in [-0.1, -0.05) is 17.7 Å². The first-order valence-electron chi connectivity index (χ1n) is 4.99. The molecule has 0 amide bonds. The number of fused-ring (bicyclic) bond motifs is 1. The molecule has 0 atom stereocenters. The number of H-pyrrole nitrogens is 1. The Kier molecular flexibility index (Phi) is 2.38. The van der Waals surface area contributed by atoms with Crippen LogP contribution in [0.15, 0.2) is 36.9 Å². The van der Waals surface area contributed by atoms with E-state index in [4.69, 9.17) is 11.6 Å². The second-order valence-corrected chi connectivity index (χ2v) is 3.89. The van der Waals surface area contributed by atoms with E-state index in [0.717, 1.165) is 5.69 Å². The van der Waals surface area contributed by atoms with E-state index in [1.165, 1.54) is 6.33 Å². The van der Waals surface area contributed by atoms with E-state index in [2.05, 4.69) is 25.3 Å². The minimum absolute atomic E-state index is 0.651. The maximum Gasteiger partial charge on any atom is 0.162 e. The maximum atomic E-state index is 5.91. The van der Waals surface area contributed by atoms with Crippen LogP contribution in [0.5, 0.6) is 0 Å². The Labute approximate surface area is 102 Å². The number of benzene rings is 1. The fourth-order valence-corrected chi connectivity index (χ4v) is 1.75. The minimum atomic E-state index is 0.651. The number of halogens is 1. The van der Waals surface area contributed by atoms with Gasteiger partial charge in [-0.2, -0.15) is 0 Å². The molecule has 0 aliphatic heterocycles. The van der Waals surface area contributed by atoms with E-state index in [1.54, 1.807) is 6.33 Å². The van der Waals surface area contributed by atoms with Gasteiger partial charge in [0.1, 0.15) is 6.33 Å². The number of anilines is 2. The Balaban J connectivity index is 2.02. The third-order valence-corrected chi connectivity index (χ3v) is 2.54. The van der Waals surface area contributed by atoms with Crippen molar-refractivity contribution in [3.8, 4) is 0 Å². The first-order valence-corrected chi connectivity index (χ1v) is 5.37. The van der Waals surface area contributed by atoms with Crippen LogP contribution in [0.2, 0.25) is 5.02 Å². The third-order valence-electron chi connectivity index (χ3n) is 2.30. The van der Waals surface area contributed by atoms with Crippen molar-refractivity contribution in [2.45, 2.75) is 0 Å². The van der Waals surface area contributed by atoms with E-state index in [0.29, 0.717) is 22.0 Å². The predicted molar refractivity (Wildman–Crippen MR) is 66.4 cm³/mol. The lowest BCUT2D eigenvalue weighted by Gasteiger charge is -2.05. The predicted octanol–water partition coefficient (Wildman–Crippen LogP) is 2.75. The molecule has 0 fully saturated rings. The fraction of sp³-hybridized carbons (Fsp3) is 0. The van der Waals surface area contributed by atoms with Crippen molar-refractivity contribution in [3.05, 3.63) is 41.9 Å². The van der Waals surface area contributed by atoms with Crippen LogP contribution in [0, 0.1) is 0 Å². The van der Waals surface area contributed by atoms with Gasteiger partial charge >= 0.3 is 0 Å². The van der Waals surface area contributed by atoms with Gasteiger partial charge < -0.3 is 10.3 Å². The smallest absolute Gasteiger partial charge is 0.162 e. The molecule has 2 aromatic heterocycles. The quantitative estimate of drug-likeness (QED) is 0.729. The lowest BCUT2D eigenvalue weighted by atomic mass is 10.3. The monoisotopic (exact) mass is 245 g/mol. The lowest BCUT2D eigenvalue weighted by Crippen LogP contribution is -1.95. The maximum absolute atomic E-state index is 5.91. The van der Waals surface area contributed by atoms with Gasteiger partial charge in [0.25, 0.3) is 0 Å². The Morgan fingerprint density at radius 3 is 3.00 bits per heavy atom. The van der Waals surface area contributed by atoms with Crippen molar-refractivity contribution in [1.82, 2.24) is 19.9 Å². The number of nitrogens with zero attached hydrogens (tertiary/aromatic N) is 3. The highest BCUT2D eigenvalue weighted by molar-refractivity contribution is 6.30. The molecule has 1 aromatic carbocycles. The van der Waals surface area contributed by atoms with Gasteiger partial charge in [0, 0.05) is 10.7 Å². The van der Waals surface area contributed by atoms with Crippen LogP contribution in [0.4, 0.5) is 11.5 Å². The molecule has 2 N–H and O–H groups in total. The Morgan fingerprint density at radius 2 is 2.12 bits per heavy atom. The average molecular weight is 246 g/mol. The first kappa shape index (κ1) is 10.0. The SMILES string of the molecule is Clc1cccc(Nc2ncnc3[nH]cnc23)c1. The van der Waals surface area contributed by atoms with E-state index in [9.17, 15) is 0 Å². The van der Waals surface area contributed by atoms with Gasteiger partial charge in [0.05, 0.1) is 6.33 Å². The van der Waals surface area contributed by atoms with E-state index < -0.39 is 0 Å². The van der Waals surface area contributed by atoms with Gasteiger partial charge in [0.15, 0.2) is 17.0 Å². The van der Waals surface area contributed by atoms with E-state index in [1.807, 2.05) is 24.3 Å². The summed E-state index contributed by atoms with van der Waals surface area (Å²) in [7, 11) is 0. The van der Waals surface area contributed by atoms with Gasteiger partial charge in [0.2, 0.25) is 0 Å². The van der Waals surface area contributed by atoms with E-state index >= 15 is 0 Å². The Morgan fingerprint density at radius 1 is 1.18 bits per heavy atom. The molecule has 6 heteroatoms. The summed E-state index contributed by atoms with van der Waals surface area (Å²) in [6.07, 6.45) is 3.07. The largest absolute Gasteiger partial charge is 0.338 e. The highest BCUT2D eigenvalue weighted by Gasteiger charge is 2.05. The van der Waals surface area contributed by atoms with Crippen LogP contribution < -0.4 is 5.32 Å². The van der Waals surface area contributed by atoms with Crippen molar-refractivity contribution >= 4 is 34.3 Å².